The molecule has 1 aromatic heterocycles. The minimum absolute atomic E-state index is 0.155. The molecule has 5 nitrogen and oxygen atoms in total. The number of hydrogen-bond donors (Lipinski definition) is 1. The third-order valence-corrected chi connectivity index (χ3v) is 4.73. The Morgan fingerprint density at radius 1 is 1.26 bits per heavy atom. The molecular formula is C14H22N4O. The van der Waals surface area contributed by atoms with Gasteiger partial charge < -0.3 is 10.6 Å². The molecule has 2 atom stereocenters. The molecule has 3 heterocycles. The molecule has 2 N–H and O–H groups in total. The van der Waals surface area contributed by atoms with Crippen molar-refractivity contribution in [1.82, 2.24) is 14.7 Å². The van der Waals surface area contributed by atoms with E-state index >= 15 is 0 Å². The standard InChI is InChI=1S/C14H22N4O/c1-8-13(9(2)17(3)16-8)14(19)18-11-4-5-12(18)7-10(15)6-11/h10-12H,4-7,15H2,1-3H3. The predicted octanol–water partition coefficient (Wildman–Crippen LogP) is 1.13. The third kappa shape index (κ3) is 1.87. The monoisotopic (exact) mass is 262 g/mol. The van der Waals surface area contributed by atoms with E-state index in [9.17, 15) is 4.79 Å². The summed E-state index contributed by atoms with van der Waals surface area (Å²) in [5, 5.41) is 4.36. The van der Waals surface area contributed by atoms with E-state index in [0.29, 0.717) is 12.1 Å². The van der Waals surface area contributed by atoms with Gasteiger partial charge in [-0.05, 0) is 39.5 Å². The van der Waals surface area contributed by atoms with Crippen LogP contribution in [-0.2, 0) is 7.05 Å². The molecule has 0 spiro atoms. The van der Waals surface area contributed by atoms with Gasteiger partial charge in [-0.25, -0.2) is 0 Å². The molecule has 0 saturated carbocycles. The number of rotatable bonds is 1. The van der Waals surface area contributed by atoms with Crippen LogP contribution in [0.2, 0.25) is 0 Å². The number of nitrogens with two attached hydrogens (primary N) is 1. The van der Waals surface area contributed by atoms with Crippen LogP contribution in [0.5, 0.6) is 0 Å². The molecular weight excluding hydrogens is 240 g/mol. The molecule has 3 rings (SSSR count). The van der Waals surface area contributed by atoms with Crippen LogP contribution < -0.4 is 5.73 Å². The molecule has 2 unspecified atom stereocenters. The first-order valence-electron chi connectivity index (χ1n) is 7.07. The lowest BCUT2D eigenvalue weighted by Crippen LogP contribution is -2.50. The summed E-state index contributed by atoms with van der Waals surface area (Å²) < 4.78 is 1.79. The number of amides is 1. The number of carbonyl (C=O) groups is 1. The topological polar surface area (TPSA) is 64.2 Å². The molecule has 2 bridgehead atoms. The molecule has 0 radical (unpaired) electrons. The van der Waals surface area contributed by atoms with Gasteiger partial charge in [0, 0.05) is 30.9 Å². The van der Waals surface area contributed by atoms with Crippen molar-refractivity contribution in [2.24, 2.45) is 12.8 Å². The second-order valence-corrected chi connectivity index (χ2v) is 6.00. The molecule has 19 heavy (non-hydrogen) atoms. The van der Waals surface area contributed by atoms with Crippen LogP contribution in [0, 0.1) is 13.8 Å². The Kier molecular flexibility index (Phi) is 2.89. The summed E-state index contributed by atoms with van der Waals surface area (Å²) in [6.45, 7) is 3.88. The maximum atomic E-state index is 12.9. The number of nitrogens with zero attached hydrogens (tertiary/aromatic N) is 3. The normalized spacial score (nSPS) is 29.9. The van der Waals surface area contributed by atoms with Gasteiger partial charge in [-0.3, -0.25) is 9.48 Å². The highest BCUT2D eigenvalue weighted by Crippen LogP contribution is 2.36. The summed E-state index contributed by atoms with van der Waals surface area (Å²) in [7, 11) is 1.89. The highest BCUT2D eigenvalue weighted by Gasteiger charge is 2.43. The maximum absolute atomic E-state index is 12.9. The lowest BCUT2D eigenvalue weighted by molar-refractivity contribution is 0.0573. The first kappa shape index (κ1) is 12.7. The Hall–Kier alpha value is -1.36. The molecule has 1 amide bonds. The zero-order valence-corrected chi connectivity index (χ0v) is 11.9. The Morgan fingerprint density at radius 2 is 1.84 bits per heavy atom. The summed E-state index contributed by atoms with van der Waals surface area (Å²) in [5.74, 6) is 0.155. The summed E-state index contributed by atoms with van der Waals surface area (Å²) in [6, 6.07) is 0.929. The van der Waals surface area contributed by atoms with Crippen LogP contribution in [0.3, 0.4) is 0 Å². The fourth-order valence-electron chi connectivity index (χ4n) is 3.76. The SMILES string of the molecule is Cc1nn(C)c(C)c1C(=O)N1C2CCC1CC(N)C2. The highest BCUT2D eigenvalue weighted by molar-refractivity contribution is 5.97. The fourth-order valence-corrected chi connectivity index (χ4v) is 3.76. The van der Waals surface area contributed by atoms with Crippen LogP contribution in [0.15, 0.2) is 0 Å². The van der Waals surface area contributed by atoms with Crippen molar-refractivity contribution in [3.05, 3.63) is 17.0 Å². The van der Waals surface area contributed by atoms with Gasteiger partial charge in [-0.1, -0.05) is 0 Å². The van der Waals surface area contributed by atoms with E-state index in [-0.39, 0.29) is 11.9 Å². The van der Waals surface area contributed by atoms with Gasteiger partial charge in [0.2, 0.25) is 0 Å². The highest BCUT2D eigenvalue weighted by atomic mass is 16.2. The number of carbonyl (C=O) groups excluding carboxylic acids is 1. The Bertz CT molecular complexity index is 508. The van der Waals surface area contributed by atoms with Crippen LogP contribution in [0.1, 0.15) is 47.4 Å². The van der Waals surface area contributed by atoms with E-state index in [1.54, 1.807) is 4.68 Å². The first-order valence-corrected chi connectivity index (χ1v) is 7.07. The second kappa shape index (κ2) is 4.34. The van der Waals surface area contributed by atoms with Crippen molar-refractivity contribution >= 4 is 5.91 Å². The average molecular weight is 262 g/mol. The molecule has 0 aliphatic carbocycles. The van der Waals surface area contributed by atoms with Crippen molar-refractivity contribution in [1.29, 1.82) is 0 Å². The summed E-state index contributed by atoms with van der Waals surface area (Å²) >= 11 is 0. The number of aryl methyl sites for hydroxylation is 2. The molecule has 0 aromatic carbocycles. The zero-order valence-electron chi connectivity index (χ0n) is 11.9. The predicted molar refractivity (Wildman–Crippen MR) is 72.9 cm³/mol. The first-order chi connectivity index (χ1) is 8.99. The minimum atomic E-state index is 0.155. The molecule has 2 aliphatic heterocycles. The smallest absolute Gasteiger partial charge is 0.258 e. The second-order valence-electron chi connectivity index (χ2n) is 6.00. The zero-order chi connectivity index (χ0) is 13.7. The molecule has 104 valence electrons. The molecule has 2 aliphatic rings. The third-order valence-electron chi connectivity index (χ3n) is 4.73. The van der Waals surface area contributed by atoms with Gasteiger partial charge in [0.05, 0.1) is 11.3 Å². The van der Waals surface area contributed by atoms with Crippen molar-refractivity contribution < 1.29 is 4.79 Å². The fraction of sp³-hybridized carbons (Fsp3) is 0.714. The van der Waals surface area contributed by atoms with E-state index in [1.165, 1.54) is 0 Å². The van der Waals surface area contributed by atoms with E-state index < -0.39 is 0 Å². The quantitative estimate of drug-likeness (QED) is 0.825. The van der Waals surface area contributed by atoms with E-state index in [4.69, 9.17) is 5.73 Å². The van der Waals surface area contributed by atoms with Gasteiger partial charge in [0.1, 0.15) is 0 Å². The van der Waals surface area contributed by atoms with Crippen molar-refractivity contribution in [2.75, 3.05) is 0 Å². The maximum Gasteiger partial charge on any atom is 0.258 e. The van der Waals surface area contributed by atoms with Crippen LogP contribution >= 0.6 is 0 Å². The Balaban J connectivity index is 1.93. The lowest BCUT2D eigenvalue weighted by Gasteiger charge is -2.37. The lowest BCUT2D eigenvalue weighted by atomic mass is 9.97. The van der Waals surface area contributed by atoms with Crippen LogP contribution in [0.25, 0.3) is 0 Å². The van der Waals surface area contributed by atoms with Gasteiger partial charge in [-0.2, -0.15) is 5.10 Å². The van der Waals surface area contributed by atoms with Gasteiger partial charge in [0.15, 0.2) is 0 Å². The van der Waals surface area contributed by atoms with E-state index in [2.05, 4.69) is 10.00 Å². The number of hydrogen-bond acceptors (Lipinski definition) is 3. The Labute approximate surface area is 113 Å². The van der Waals surface area contributed by atoms with Crippen LogP contribution in [0.4, 0.5) is 0 Å². The summed E-state index contributed by atoms with van der Waals surface area (Å²) in [4.78, 5) is 14.9. The van der Waals surface area contributed by atoms with Gasteiger partial charge in [0.25, 0.3) is 5.91 Å². The van der Waals surface area contributed by atoms with E-state index in [0.717, 1.165) is 42.6 Å². The number of piperidine rings is 1. The van der Waals surface area contributed by atoms with Gasteiger partial charge in [-0.15, -0.1) is 0 Å². The minimum Gasteiger partial charge on any atom is -0.332 e. The van der Waals surface area contributed by atoms with Gasteiger partial charge >= 0.3 is 0 Å². The molecule has 2 fully saturated rings. The molecule has 1 aromatic rings. The van der Waals surface area contributed by atoms with Crippen molar-refractivity contribution in [3.63, 3.8) is 0 Å². The molecule has 5 heteroatoms. The number of aromatic nitrogens is 2. The molecule has 2 saturated heterocycles. The van der Waals surface area contributed by atoms with E-state index in [1.807, 2.05) is 20.9 Å². The van der Waals surface area contributed by atoms with Crippen LogP contribution in [-0.4, -0.2) is 38.7 Å². The number of fused-ring (bicyclic) bond motifs is 2. The van der Waals surface area contributed by atoms with Crippen molar-refractivity contribution in [3.8, 4) is 0 Å². The summed E-state index contributed by atoms with van der Waals surface area (Å²) in [6.07, 6.45) is 4.09. The summed E-state index contributed by atoms with van der Waals surface area (Å²) in [5.41, 5.74) is 8.64. The average Bonchev–Trinajstić information content (AvgIpc) is 2.74. The Morgan fingerprint density at radius 3 is 2.32 bits per heavy atom. The largest absolute Gasteiger partial charge is 0.332 e. The van der Waals surface area contributed by atoms with Crippen molar-refractivity contribution in [2.45, 2.75) is 57.7 Å².